The van der Waals surface area contributed by atoms with Gasteiger partial charge in [-0.25, -0.2) is 0 Å². The van der Waals surface area contributed by atoms with Crippen LogP contribution < -0.4 is 5.32 Å². The van der Waals surface area contributed by atoms with Crippen molar-refractivity contribution >= 4 is 17.5 Å². The number of para-hydroxylation sites is 1. The number of piperazine rings is 1. The molecule has 3 aromatic rings. The maximum atomic E-state index is 13.6. The highest BCUT2D eigenvalue weighted by molar-refractivity contribution is 5.93. The number of nitrogens with one attached hydrogen (secondary N) is 1. The van der Waals surface area contributed by atoms with Gasteiger partial charge in [0.1, 0.15) is 0 Å². The summed E-state index contributed by atoms with van der Waals surface area (Å²) in [6, 6.07) is 25.9. The number of hydrogen-bond donors (Lipinski definition) is 1. The largest absolute Gasteiger partial charge is 0.339 e. The summed E-state index contributed by atoms with van der Waals surface area (Å²) in [6.45, 7) is 6.93. The molecule has 0 aromatic heterocycles. The molecule has 0 bridgehead atoms. The van der Waals surface area contributed by atoms with Gasteiger partial charge >= 0.3 is 0 Å². The van der Waals surface area contributed by atoms with Gasteiger partial charge in [-0.15, -0.1) is 0 Å². The van der Waals surface area contributed by atoms with Crippen molar-refractivity contribution in [3.05, 3.63) is 101 Å². The van der Waals surface area contributed by atoms with Crippen LogP contribution in [0.5, 0.6) is 0 Å². The van der Waals surface area contributed by atoms with Crippen LogP contribution in [0.25, 0.3) is 0 Å². The van der Waals surface area contributed by atoms with Crippen molar-refractivity contribution in [3.8, 4) is 0 Å². The molecule has 0 saturated carbocycles. The van der Waals surface area contributed by atoms with Crippen LogP contribution in [0.3, 0.4) is 0 Å². The molecular formula is C28H31N3O2. The molecule has 0 atom stereocenters. The van der Waals surface area contributed by atoms with E-state index >= 15 is 0 Å². The van der Waals surface area contributed by atoms with Gasteiger partial charge in [-0.05, 0) is 36.1 Å². The van der Waals surface area contributed by atoms with E-state index in [9.17, 15) is 9.59 Å². The molecule has 170 valence electrons. The second-order valence-corrected chi connectivity index (χ2v) is 8.67. The molecule has 0 aliphatic carbocycles. The SMILES string of the molecule is Cc1cccc(C)c1NC(=O)CN1CCN(C(=O)C(c2ccccc2)c2ccccc2)CC1. The minimum absolute atomic E-state index is 0.0152. The molecule has 4 rings (SSSR count). The van der Waals surface area contributed by atoms with Crippen molar-refractivity contribution in [1.29, 1.82) is 0 Å². The molecule has 1 N–H and O–H groups in total. The van der Waals surface area contributed by atoms with Gasteiger partial charge in [-0.3, -0.25) is 14.5 Å². The Labute approximate surface area is 196 Å². The van der Waals surface area contributed by atoms with Crippen LogP contribution in [0.15, 0.2) is 78.9 Å². The first-order valence-electron chi connectivity index (χ1n) is 11.5. The average Bonchev–Trinajstić information content (AvgIpc) is 2.83. The van der Waals surface area contributed by atoms with Crippen molar-refractivity contribution in [3.63, 3.8) is 0 Å². The molecule has 1 fully saturated rings. The zero-order valence-corrected chi connectivity index (χ0v) is 19.3. The monoisotopic (exact) mass is 441 g/mol. The van der Waals surface area contributed by atoms with Crippen LogP contribution in [-0.4, -0.2) is 54.3 Å². The highest BCUT2D eigenvalue weighted by Gasteiger charge is 2.30. The van der Waals surface area contributed by atoms with Crippen molar-refractivity contribution in [2.45, 2.75) is 19.8 Å². The fraction of sp³-hybridized carbons (Fsp3) is 0.286. The molecule has 1 aliphatic rings. The summed E-state index contributed by atoms with van der Waals surface area (Å²) in [5.74, 6) is -0.211. The Morgan fingerprint density at radius 1 is 0.758 bits per heavy atom. The number of rotatable bonds is 6. The van der Waals surface area contributed by atoms with E-state index in [1.54, 1.807) is 0 Å². The van der Waals surface area contributed by atoms with E-state index in [-0.39, 0.29) is 17.7 Å². The summed E-state index contributed by atoms with van der Waals surface area (Å²) in [4.78, 5) is 30.3. The van der Waals surface area contributed by atoms with Crippen molar-refractivity contribution in [2.24, 2.45) is 0 Å². The van der Waals surface area contributed by atoms with Crippen LogP contribution in [0.1, 0.15) is 28.2 Å². The van der Waals surface area contributed by atoms with Crippen molar-refractivity contribution in [1.82, 2.24) is 9.80 Å². The quantitative estimate of drug-likeness (QED) is 0.623. The highest BCUT2D eigenvalue weighted by Crippen LogP contribution is 2.27. The van der Waals surface area contributed by atoms with E-state index in [2.05, 4.69) is 10.2 Å². The Morgan fingerprint density at radius 3 is 1.79 bits per heavy atom. The number of carbonyl (C=O) groups is 2. The standard InChI is InChI=1S/C28H31N3O2/c1-21-10-9-11-22(2)27(21)29-25(32)20-30-16-18-31(19-17-30)28(33)26(23-12-5-3-6-13-23)24-14-7-4-8-15-24/h3-15,26H,16-20H2,1-2H3,(H,29,32). The summed E-state index contributed by atoms with van der Waals surface area (Å²) in [5, 5.41) is 3.06. The normalized spacial score (nSPS) is 14.3. The fourth-order valence-corrected chi connectivity index (χ4v) is 4.47. The predicted molar refractivity (Wildman–Crippen MR) is 132 cm³/mol. The summed E-state index contributed by atoms with van der Waals surface area (Å²) in [6.07, 6.45) is 0. The summed E-state index contributed by atoms with van der Waals surface area (Å²) in [5.41, 5.74) is 5.02. The van der Waals surface area contributed by atoms with Crippen LogP contribution in [0.2, 0.25) is 0 Å². The minimum Gasteiger partial charge on any atom is -0.339 e. The number of benzene rings is 3. The van der Waals surface area contributed by atoms with Gasteiger partial charge in [0, 0.05) is 31.9 Å². The third kappa shape index (κ3) is 5.49. The first-order chi connectivity index (χ1) is 16.0. The number of aryl methyl sites for hydroxylation is 2. The molecule has 0 unspecified atom stereocenters. The maximum absolute atomic E-state index is 13.6. The Balaban J connectivity index is 1.38. The number of nitrogens with zero attached hydrogens (tertiary/aromatic N) is 2. The van der Waals surface area contributed by atoms with Gasteiger partial charge in [0.05, 0.1) is 12.5 Å². The van der Waals surface area contributed by atoms with E-state index in [4.69, 9.17) is 0 Å². The van der Waals surface area contributed by atoms with Gasteiger partial charge in [-0.2, -0.15) is 0 Å². The van der Waals surface area contributed by atoms with Crippen LogP contribution >= 0.6 is 0 Å². The van der Waals surface area contributed by atoms with Gasteiger partial charge in [0.25, 0.3) is 0 Å². The lowest BCUT2D eigenvalue weighted by Gasteiger charge is -2.36. The second kappa shape index (κ2) is 10.5. The Kier molecular flexibility index (Phi) is 7.20. The van der Waals surface area contributed by atoms with Crippen molar-refractivity contribution < 1.29 is 9.59 Å². The fourth-order valence-electron chi connectivity index (χ4n) is 4.47. The number of carbonyl (C=O) groups excluding carboxylic acids is 2. The molecule has 0 spiro atoms. The summed E-state index contributed by atoms with van der Waals surface area (Å²) < 4.78 is 0. The Hall–Kier alpha value is -3.44. The molecule has 1 aliphatic heterocycles. The number of amides is 2. The molecule has 1 saturated heterocycles. The van der Waals surface area contributed by atoms with Gasteiger partial charge in [-0.1, -0.05) is 78.9 Å². The zero-order valence-electron chi connectivity index (χ0n) is 19.3. The molecule has 5 nitrogen and oxygen atoms in total. The van der Waals surface area contributed by atoms with Crippen molar-refractivity contribution in [2.75, 3.05) is 38.0 Å². The zero-order chi connectivity index (χ0) is 23.2. The molecular weight excluding hydrogens is 410 g/mol. The van der Waals surface area contributed by atoms with Crippen LogP contribution in [0.4, 0.5) is 5.69 Å². The lowest BCUT2D eigenvalue weighted by Crippen LogP contribution is -2.51. The summed E-state index contributed by atoms with van der Waals surface area (Å²) in [7, 11) is 0. The average molecular weight is 442 g/mol. The third-order valence-electron chi connectivity index (χ3n) is 6.31. The van der Waals surface area contributed by atoms with Crippen LogP contribution in [0, 0.1) is 13.8 Å². The Bertz CT molecular complexity index is 1030. The van der Waals surface area contributed by atoms with E-state index in [1.165, 1.54) is 0 Å². The smallest absolute Gasteiger partial charge is 0.238 e. The number of anilines is 1. The molecule has 0 radical (unpaired) electrons. The molecule has 2 amide bonds. The predicted octanol–water partition coefficient (Wildman–Crippen LogP) is 4.22. The second-order valence-electron chi connectivity index (χ2n) is 8.67. The first kappa shape index (κ1) is 22.7. The molecule has 3 aromatic carbocycles. The highest BCUT2D eigenvalue weighted by atomic mass is 16.2. The maximum Gasteiger partial charge on any atom is 0.238 e. The summed E-state index contributed by atoms with van der Waals surface area (Å²) >= 11 is 0. The minimum atomic E-state index is -0.314. The topological polar surface area (TPSA) is 52.7 Å². The van der Waals surface area contributed by atoms with E-state index in [1.807, 2.05) is 97.6 Å². The van der Waals surface area contributed by atoms with Gasteiger partial charge < -0.3 is 10.2 Å². The molecule has 5 heteroatoms. The van der Waals surface area contributed by atoms with E-state index in [0.717, 1.165) is 27.9 Å². The number of hydrogen-bond acceptors (Lipinski definition) is 3. The molecule has 1 heterocycles. The third-order valence-corrected chi connectivity index (χ3v) is 6.31. The lowest BCUT2D eigenvalue weighted by molar-refractivity contribution is -0.133. The van der Waals surface area contributed by atoms with E-state index in [0.29, 0.717) is 32.7 Å². The van der Waals surface area contributed by atoms with E-state index < -0.39 is 0 Å². The first-order valence-corrected chi connectivity index (χ1v) is 11.5. The van der Waals surface area contributed by atoms with Crippen LogP contribution in [-0.2, 0) is 9.59 Å². The molecule has 33 heavy (non-hydrogen) atoms. The van der Waals surface area contributed by atoms with Gasteiger partial charge in [0.2, 0.25) is 11.8 Å². The lowest BCUT2D eigenvalue weighted by atomic mass is 9.90. The van der Waals surface area contributed by atoms with Gasteiger partial charge in [0.15, 0.2) is 0 Å². The Morgan fingerprint density at radius 2 is 1.27 bits per heavy atom.